The van der Waals surface area contributed by atoms with Gasteiger partial charge in [0.25, 0.3) is 0 Å². The van der Waals surface area contributed by atoms with Gasteiger partial charge in [0, 0.05) is 6.20 Å². The minimum absolute atomic E-state index is 0.0478. The summed E-state index contributed by atoms with van der Waals surface area (Å²) in [4.78, 5) is 8.24. The first kappa shape index (κ1) is 21.4. The molecule has 0 aliphatic carbocycles. The number of hydrogen-bond acceptors (Lipinski definition) is 7. The summed E-state index contributed by atoms with van der Waals surface area (Å²) in [5.74, 6) is -0.996. The highest BCUT2D eigenvalue weighted by atomic mass is 19.1. The smallest absolute Gasteiger partial charge is 0.227 e. The third-order valence-corrected chi connectivity index (χ3v) is 4.11. The Hall–Kier alpha value is -3.27. The highest BCUT2D eigenvalue weighted by molar-refractivity contribution is 5.50. The van der Waals surface area contributed by atoms with Crippen molar-refractivity contribution in [3.8, 4) is 11.5 Å². The van der Waals surface area contributed by atoms with Gasteiger partial charge in [-0.15, -0.1) is 0 Å². The van der Waals surface area contributed by atoms with Crippen LogP contribution < -0.4 is 14.8 Å². The number of aryl methyl sites for hydroxylation is 1. The van der Waals surface area contributed by atoms with E-state index in [0.29, 0.717) is 18.2 Å². The molecule has 2 aromatic heterocycles. The molecule has 2 heterocycles. The number of ether oxygens (including phenoxy) is 2. The van der Waals surface area contributed by atoms with Crippen LogP contribution in [0.25, 0.3) is 0 Å². The lowest BCUT2D eigenvalue weighted by Crippen LogP contribution is -2.26. The predicted molar refractivity (Wildman–Crippen MR) is 106 cm³/mol. The summed E-state index contributed by atoms with van der Waals surface area (Å²) >= 11 is 0. The molecule has 0 saturated heterocycles. The largest absolute Gasteiger partial charge is 0.494 e. The Kier molecular flexibility index (Phi) is 6.16. The average Bonchev–Trinajstić information content (AvgIpc) is 3.10. The van der Waals surface area contributed by atoms with E-state index in [1.165, 1.54) is 32.5 Å². The number of anilines is 2. The fourth-order valence-corrected chi connectivity index (χ4v) is 2.73. The maximum Gasteiger partial charge on any atom is 0.227 e. The van der Waals surface area contributed by atoms with Gasteiger partial charge in [-0.05, 0) is 32.4 Å². The third-order valence-electron chi connectivity index (χ3n) is 4.11. The summed E-state index contributed by atoms with van der Waals surface area (Å²) in [6, 6.07) is 1.29. The Morgan fingerprint density at radius 1 is 1.17 bits per heavy atom. The molecule has 160 valence electrons. The van der Waals surface area contributed by atoms with Gasteiger partial charge >= 0.3 is 0 Å². The summed E-state index contributed by atoms with van der Waals surface area (Å²) in [5, 5.41) is 17.0. The van der Waals surface area contributed by atoms with Crippen LogP contribution in [0.5, 0.6) is 11.5 Å². The third kappa shape index (κ3) is 5.20. The van der Waals surface area contributed by atoms with Gasteiger partial charge in [-0.3, -0.25) is 4.68 Å². The van der Waals surface area contributed by atoms with Crippen LogP contribution in [-0.2, 0) is 13.2 Å². The van der Waals surface area contributed by atoms with E-state index in [-0.39, 0.29) is 29.2 Å². The van der Waals surface area contributed by atoms with Crippen LogP contribution in [0.15, 0.2) is 30.9 Å². The summed E-state index contributed by atoms with van der Waals surface area (Å²) in [6.45, 7) is 4.89. The Morgan fingerprint density at radius 3 is 2.50 bits per heavy atom. The van der Waals surface area contributed by atoms with Crippen molar-refractivity contribution in [1.82, 2.24) is 19.7 Å². The number of nitrogens with zero attached hydrogens (tertiary/aromatic N) is 4. The number of halogens is 2. The van der Waals surface area contributed by atoms with Gasteiger partial charge in [-0.1, -0.05) is 0 Å². The van der Waals surface area contributed by atoms with Crippen LogP contribution in [-0.4, -0.2) is 37.6 Å². The van der Waals surface area contributed by atoms with E-state index in [2.05, 4.69) is 20.4 Å². The lowest BCUT2D eigenvalue weighted by atomic mass is 10.1. The molecule has 0 aliphatic heterocycles. The molecule has 0 amide bonds. The highest BCUT2D eigenvalue weighted by Gasteiger charge is 2.18. The topological polar surface area (TPSA) is 94.3 Å². The van der Waals surface area contributed by atoms with Crippen molar-refractivity contribution in [2.75, 3.05) is 12.4 Å². The first-order valence-electron chi connectivity index (χ1n) is 9.14. The summed E-state index contributed by atoms with van der Waals surface area (Å²) in [6.07, 6.45) is 6.07. The molecule has 0 spiro atoms. The van der Waals surface area contributed by atoms with Gasteiger partial charge in [0.1, 0.15) is 12.4 Å². The quantitative estimate of drug-likeness (QED) is 0.578. The molecule has 0 fully saturated rings. The van der Waals surface area contributed by atoms with Gasteiger partial charge in [0.2, 0.25) is 5.95 Å². The van der Waals surface area contributed by atoms with Gasteiger partial charge in [0.15, 0.2) is 17.3 Å². The molecular formula is C20H23F2N5O3. The molecule has 0 unspecified atom stereocenters. The number of benzene rings is 1. The Bertz CT molecular complexity index is 1020. The number of rotatable bonds is 8. The SMILES string of the molecule is COc1cc(C)c(F)c(COc2cnc(Nc3cnn(CC(C)(C)O)c3)nc2)c1F. The summed E-state index contributed by atoms with van der Waals surface area (Å²) < 4.78 is 40.5. The zero-order valence-corrected chi connectivity index (χ0v) is 17.1. The van der Waals surface area contributed by atoms with E-state index < -0.39 is 17.2 Å². The number of aromatic nitrogens is 4. The van der Waals surface area contributed by atoms with Crippen LogP contribution in [0.2, 0.25) is 0 Å². The van der Waals surface area contributed by atoms with E-state index in [9.17, 15) is 13.9 Å². The van der Waals surface area contributed by atoms with Gasteiger partial charge in [-0.25, -0.2) is 18.7 Å². The van der Waals surface area contributed by atoms with Crippen molar-refractivity contribution in [3.05, 3.63) is 53.6 Å². The van der Waals surface area contributed by atoms with Gasteiger partial charge < -0.3 is 19.9 Å². The highest BCUT2D eigenvalue weighted by Crippen LogP contribution is 2.27. The van der Waals surface area contributed by atoms with Crippen molar-refractivity contribution in [2.24, 2.45) is 0 Å². The molecule has 30 heavy (non-hydrogen) atoms. The van der Waals surface area contributed by atoms with Crippen molar-refractivity contribution in [3.63, 3.8) is 0 Å². The average molecular weight is 419 g/mol. The maximum atomic E-state index is 14.3. The number of hydrogen-bond donors (Lipinski definition) is 2. The zero-order valence-electron chi connectivity index (χ0n) is 17.1. The molecule has 3 rings (SSSR count). The van der Waals surface area contributed by atoms with Crippen LogP contribution in [0.4, 0.5) is 20.4 Å². The maximum absolute atomic E-state index is 14.3. The first-order chi connectivity index (χ1) is 14.2. The second kappa shape index (κ2) is 8.62. The Morgan fingerprint density at radius 2 is 1.87 bits per heavy atom. The fraction of sp³-hybridized carbons (Fsp3) is 0.350. The van der Waals surface area contributed by atoms with Crippen LogP contribution in [0.1, 0.15) is 25.0 Å². The van der Waals surface area contributed by atoms with Gasteiger partial charge in [0.05, 0.1) is 49.1 Å². The van der Waals surface area contributed by atoms with Crippen molar-refractivity contribution in [2.45, 2.75) is 39.5 Å². The minimum atomic E-state index is -0.890. The molecule has 0 atom stereocenters. The molecule has 0 radical (unpaired) electrons. The number of methoxy groups -OCH3 is 1. The molecular weight excluding hydrogens is 396 g/mol. The lowest BCUT2D eigenvalue weighted by Gasteiger charge is -2.16. The predicted octanol–water partition coefficient (Wildman–Crippen LogP) is 3.36. The van der Waals surface area contributed by atoms with Crippen LogP contribution in [0.3, 0.4) is 0 Å². The Balaban J connectivity index is 1.64. The van der Waals surface area contributed by atoms with E-state index in [1.54, 1.807) is 30.9 Å². The van der Waals surface area contributed by atoms with Crippen molar-refractivity contribution >= 4 is 11.6 Å². The molecule has 1 aromatic carbocycles. The second-order valence-corrected chi connectivity index (χ2v) is 7.40. The fourth-order valence-electron chi connectivity index (χ4n) is 2.73. The number of aliphatic hydroxyl groups is 1. The molecule has 10 heteroatoms. The van der Waals surface area contributed by atoms with E-state index >= 15 is 0 Å². The molecule has 0 bridgehead atoms. The van der Waals surface area contributed by atoms with Crippen molar-refractivity contribution in [1.29, 1.82) is 0 Å². The molecule has 8 nitrogen and oxygen atoms in total. The van der Waals surface area contributed by atoms with E-state index in [1.807, 2.05) is 0 Å². The van der Waals surface area contributed by atoms with Gasteiger partial charge in [-0.2, -0.15) is 5.10 Å². The van der Waals surface area contributed by atoms with E-state index in [0.717, 1.165) is 0 Å². The summed E-state index contributed by atoms with van der Waals surface area (Å²) in [7, 11) is 1.31. The van der Waals surface area contributed by atoms with Crippen LogP contribution in [0, 0.1) is 18.6 Å². The molecule has 0 saturated carbocycles. The number of nitrogens with one attached hydrogen (secondary N) is 1. The van der Waals surface area contributed by atoms with E-state index in [4.69, 9.17) is 9.47 Å². The normalized spacial score (nSPS) is 11.4. The van der Waals surface area contributed by atoms with Crippen molar-refractivity contribution < 1.29 is 23.4 Å². The second-order valence-electron chi connectivity index (χ2n) is 7.40. The standard InChI is InChI=1S/C20H23F2N5O3/c1-12-5-16(29-4)18(22)15(17(12)21)10-30-14-7-23-19(24-8-14)26-13-6-25-27(9-13)11-20(2,3)28/h5-9,28H,10-11H2,1-4H3,(H,23,24,26). The first-order valence-corrected chi connectivity index (χ1v) is 9.14. The molecule has 0 aliphatic rings. The van der Waals surface area contributed by atoms with Crippen LogP contribution >= 0.6 is 0 Å². The monoisotopic (exact) mass is 419 g/mol. The molecule has 3 aromatic rings. The Labute approximate surface area is 172 Å². The lowest BCUT2D eigenvalue weighted by molar-refractivity contribution is 0.0578. The summed E-state index contributed by atoms with van der Waals surface area (Å²) in [5.41, 5.74) is -0.219. The zero-order chi connectivity index (χ0) is 21.9. The molecule has 2 N–H and O–H groups in total. The minimum Gasteiger partial charge on any atom is -0.494 e.